The van der Waals surface area contributed by atoms with Crippen LogP contribution >= 0.6 is 0 Å². The van der Waals surface area contributed by atoms with Gasteiger partial charge in [0.2, 0.25) is 0 Å². The van der Waals surface area contributed by atoms with Gasteiger partial charge in [-0.25, -0.2) is 17.6 Å². The predicted molar refractivity (Wildman–Crippen MR) is 130 cm³/mol. The second-order valence-electron chi connectivity index (χ2n) is 7.43. The molecule has 1 aliphatic heterocycles. The average Bonchev–Trinajstić information content (AvgIpc) is 3.09. The summed E-state index contributed by atoms with van der Waals surface area (Å²) in [4.78, 5) is -0.570. The summed E-state index contributed by atoms with van der Waals surface area (Å²) in [6.07, 6.45) is 0. The van der Waals surface area contributed by atoms with E-state index >= 15 is 0 Å². The van der Waals surface area contributed by atoms with E-state index in [0.717, 1.165) is 18.2 Å². The van der Waals surface area contributed by atoms with Crippen molar-refractivity contribution in [3.8, 4) is 5.75 Å². The lowest BCUT2D eigenvalue weighted by Gasteiger charge is -2.15. The second kappa shape index (κ2) is 10.6. The number of sulfone groups is 1. The van der Waals surface area contributed by atoms with Crippen molar-refractivity contribution in [2.45, 2.75) is 22.8 Å². The quantitative estimate of drug-likeness (QED) is 0.274. The molecule has 0 fully saturated rings. The van der Waals surface area contributed by atoms with E-state index in [1.54, 1.807) is 6.92 Å². The highest BCUT2D eigenvalue weighted by molar-refractivity contribution is 7.91. The molecular formula is C19H21N5O10S3. The van der Waals surface area contributed by atoms with E-state index in [0.29, 0.717) is 11.4 Å². The zero-order valence-corrected chi connectivity index (χ0v) is 21.7. The number of hydrogen-bond donors (Lipinski definition) is 3. The minimum absolute atomic E-state index is 0.00386. The Balaban J connectivity index is 1.83. The molecular weight excluding hydrogens is 554 g/mol. The van der Waals surface area contributed by atoms with E-state index in [4.69, 9.17) is 19.3 Å². The average molecular weight is 576 g/mol. The van der Waals surface area contributed by atoms with Gasteiger partial charge in [-0.2, -0.15) is 32.2 Å². The minimum atomic E-state index is -4.80. The lowest BCUT2D eigenvalue weighted by molar-refractivity contribution is 0.284. The summed E-state index contributed by atoms with van der Waals surface area (Å²) in [6, 6.07) is 7.69. The molecule has 2 aromatic rings. The molecule has 1 atom stereocenters. The molecule has 0 saturated carbocycles. The predicted octanol–water partition coefficient (Wildman–Crippen LogP) is 1.86. The van der Waals surface area contributed by atoms with Crippen LogP contribution in [0.5, 0.6) is 5.75 Å². The van der Waals surface area contributed by atoms with Gasteiger partial charge in [0.05, 0.1) is 40.7 Å². The number of azo groups is 1. The maximum atomic E-state index is 12.5. The second-order valence-corrected chi connectivity index (χ2v) is 12.0. The van der Waals surface area contributed by atoms with Crippen LogP contribution in [0.4, 0.5) is 11.4 Å². The van der Waals surface area contributed by atoms with Gasteiger partial charge in [0.25, 0.3) is 10.1 Å². The van der Waals surface area contributed by atoms with Crippen LogP contribution in [0.25, 0.3) is 0 Å². The molecule has 1 heterocycles. The van der Waals surface area contributed by atoms with Crippen molar-refractivity contribution >= 4 is 53.3 Å². The van der Waals surface area contributed by atoms with Gasteiger partial charge < -0.3 is 4.74 Å². The molecule has 37 heavy (non-hydrogen) atoms. The van der Waals surface area contributed by atoms with Gasteiger partial charge >= 0.3 is 10.4 Å². The summed E-state index contributed by atoms with van der Waals surface area (Å²) in [5.41, 5.74) is 0.681. The number of amidine groups is 1. The smallest absolute Gasteiger partial charge is 0.397 e. The van der Waals surface area contributed by atoms with Crippen molar-refractivity contribution in [3.63, 3.8) is 0 Å². The first kappa shape index (κ1) is 28.3. The normalized spacial score (nSPS) is 16.9. The largest absolute Gasteiger partial charge is 0.494 e. The van der Waals surface area contributed by atoms with Crippen LogP contribution in [-0.2, 0) is 34.5 Å². The Bertz CT molecular complexity index is 1590. The number of hydrogen-bond acceptors (Lipinski definition) is 12. The number of rotatable bonds is 10. The fraction of sp³-hybridized carbons (Fsp3) is 0.263. The highest BCUT2D eigenvalue weighted by Crippen LogP contribution is 2.32. The van der Waals surface area contributed by atoms with Crippen LogP contribution in [0, 0.1) is 5.41 Å². The van der Waals surface area contributed by atoms with Crippen molar-refractivity contribution in [1.29, 1.82) is 5.41 Å². The van der Waals surface area contributed by atoms with Crippen LogP contribution in [0.3, 0.4) is 0 Å². The van der Waals surface area contributed by atoms with E-state index in [9.17, 15) is 25.3 Å². The third kappa shape index (κ3) is 6.93. The highest BCUT2D eigenvalue weighted by Gasteiger charge is 2.31. The molecule has 15 nitrogen and oxygen atoms in total. The molecule has 0 radical (unpaired) electrons. The van der Waals surface area contributed by atoms with Crippen LogP contribution in [0.15, 0.2) is 67.6 Å². The molecule has 1 unspecified atom stereocenters. The number of ether oxygens (including phenoxy) is 1. The number of hydrazone groups is 1. The summed E-state index contributed by atoms with van der Waals surface area (Å²) in [5, 5.41) is 22.0. The molecule has 3 rings (SSSR count). The summed E-state index contributed by atoms with van der Waals surface area (Å²) in [7, 11) is -11.9. The number of nitrogens with zero attached hydrogens (tertiary/aromatic N) is 4. The Morgan fingerprint density at radius 1 is 1.03 bits per heavy atom. The third-order valence-electron chi connectivity index (χ3n) is 4.89. The van der Waals surface area contributed by atoms with Gasteiger partial charge in [0.1, 0.15) is 11.4 Å². The Morgan fingerprint density at radius 3 is 2.22 bits per heavy atom. The fourth-order valence-electron chi connectivity index (χ4n) is 3.10. The standard InChI is InChI=1S/C19H21N5O10S3/c1-12-18(19(20)24(23-12)13-3-5-14(6-4-13)36(27,28)29)22-21-16-11-15(7-8-17(16)33-2)35(25,26)10-9-34-37(30,31)32/h3-8,11,18,20H,9-10H2,1-2H3,(H,27,28,29)(H,30,31,32). The maximum Gasteiger partial charge on any atom is 0.397 e. The first-order valence-corrected chi connectivity index (χ1v) is 14.5. The van der Waals surface area contributed by atoms with Gasteiger partial charge in [-0.15, -0.1) is 0 Å². The summed E-state index contributed by atoms with van der Waals surface area (Å²) >= 11 is 0. The van der Waals surface area contributed by atoms with Gasteiger partial charge in [-0.05, 0) is 49.4 Å². The van der Waals surface area contributed by atoms with Gasteiger partial charge in [-0.1, -0.05) is 0 Å². The molecule has 200 valence electrons. The highest BCUT2D eigenvalue weighted by atomic mass is 32.3. The molecule has 0 spiro atoms. The molecule has 3 N–H and O–H groups in total. The SMILES string of the molecule is COc1ccc(S(=O)(=O)CCOS(=O)(=O)O)cc1N=NC1C(=N)N(c2ccc(S(=O)(=O)O)cc2)N=C1C. The molecule has 0 amide bonds. The van der Waals surface area contributed by atoms with E-state index in [1.165, 1.54) is 36.4 Å². The Hall–Kier alpha value is -3.29. The minimum Gasteiger partial charge on any atom is -0.494 e. The van der Waals surface area contributed by atoms with Crippen molar-refractivity contribution < 1.29 is 43.3 Å². The molecule has 0 aromatic heterocycles. The van der Waals surface area contributed by atoms with Crippen molar-refractivity contribution in [2.75, 3.05) is 24.5 Å². The van der Waals surface area contributed by atoms with Gasteiger partial charge in [0, 0.05) is 0 Å². The number of nitrogens with one attached hydrogen (secondary N) is 1. The fourth-order valence-corrected chi connectivity index (χ4v) is 5.09. The van der Waals surface area contributed by atoms with Crippen molar-refractivity contribution in [2.24, 2.45) is 15.3 Å². The zero-order chi connectivity index (χ0) is 27.6. The van der Waals surface area contributed by atoms with Gasteiger partial charge in [-0.3, -0.25) is 14.5 Å². The molecule has 0 saturated heterocycles. The maximum absolute atomic E-state index is 12.5. The number of anilines is 1. The van der Waals surface area contributed by atoms with Gasteiger partial charge in [0.15, 0.2) is 21.7 Å². The summed E-state index contributed by atoms with van der Waals surface area (Å²) in [6.45, 7) is 0.776. The topological polar surface area (TPSA) is 226 Å². The zero-order valence-electron chi connectivity index (χ0n) is 19.2. The van der Waals surface area contributed by atoms with Crippen molar-refractivity contribution in [1.82, 2.24) is 0 Å². The molecule has 2 aromatic carbocycles. The van der Waals surface area contributed by atoms with E-state index in [2.05, 4.69) is 19.5 Å². The summed E-state index contributed by atoms with van der Waals surface area (Å²) in [5.74, 6) is -0.723. The van der Waals surface area contributed by atoms with E-state index < -0.39 is 48.8 Å². The monoisotopic (exact) mass is 575 g/mol. The molecule has 0 bridgehead atoms. The molecule has 1 aliphatic rings. The Morgan fingerprint density at radius 2 is 1.65 bits per heavy atom. The third-order valence-corrected chi connectivity index (χ3v) is 7.90. The lowest BCUT2D eigenvalue weighted by atomic mass is 10.2. The first-order chi connectivity index (χ1) is 17.1. The molecule has 0 aliphatic carbocycles. The Labute approximate surface area is 212 Å². The van der Waals surface area contributed by atoms with Crippen LogP contribution in [0.1, 0.15) is 6.92 Å². The summed E-state index contributed by atoms with van der Waals surface area (Å²) < 4.78 is 95.8. The number of benzene rings is 2. The van der Waals surface area contributed by atoms with E-state index in [-0.39, 0.29) is 27.1 Å². The van der Waals surface area contributed by atoms with E-state index in [1.807, 2.05) is 0 Å². The van der Waals surface area contributed by atoms with Crippen LogP contribution in [-0.4, -0.2) is 71.4 Å². The lowest BCUT2D eigenvalue weighted by Crippen LogP contribution is -2.29. The number of methoxy groups -OCH3 is 1. The van der Waals surface area contributed by atoms with Crippen molar-refractivity contribution in [3.05, 3.63) is 42.5 Å². The first-order valence-electron chi connectivity index (χ1n) is 10.1. The molecule has 18 heteroatoms. The Kier molecular flexibility index (Phi) is 8.10. The van der Waals surface area contributed by atoms with Crippen LogP contribution < -0.4 is 9.75 Å². The van der Waals surface area contributed by atoms with Crippen LogP contribution in [0.2, 0.25) is 0 Å².